The van der Waals surface area contributed by atoms with Gasteiger partial charge < -0.3 is 15.0 Å². The van der Waals surface area contributed by atoms with E-state index < -0.39 is 0 Å². The van der Waals surface area contributed by atoms with Crippen LogP contribution in [0.15, 0.2) is 17.0 Å². The third-order valence-corrected chi connectivity index (χ3v) is 4.86. The van der Waals surface area contributed by atoms with Crippen LogP contribution in [0, 0.1) is 6.92 Å². The van der Waals surface area contributed by atoms with Crippen molar-refractivity contribution in [3.63, 3.8) is 0 Å². The van der Waals surface area contributed by atoms with Gasteiger partial charge in [0, 0.05) is 29.8 Å². The monoisotopic (exact) mass is 266 g/mol. The maximum absolute atomic E-state index is 5.55. The summed E-state index contributed by atoms with van der Waals surface area (Å²) in [5.74, 6) is 2.14. The Labute approximate surface area is 114 Å². The van der Waals surface area contributed by atoms with Crippen molar-refractivity contribution < 1.29 is 4.74 Å². The average Bonchev–Trinajstić information content (AvgIpc) is 2.38. The second kappa shape index (κ2) is 5.85. The van der Waals surface area contributed by atoms with Gasteiger partial charge >= 0.3 is 0 Å². The second-order valence-corrected chi connectivity index (χ2v) is 5.75. The number of fused-ring (bicyclic) bond motifs is 1. The van der Waals surface area contributed by atoms with Gasteiger partial charge in [-0.1, -0.05) is 6.07 Å². The summed E-state index contributed by atoms with van der Waals surface area (Å²) in [5, 5.41) is 3.23. The lowest BCUT2D eigenvalue weighted by atomic mass is 10.1. The van der Waals surface area contributed by atoms with Crippen LogP contribution in [0.3, 0.4) is 0 Å². The van der Waals surface area contributed by atoms with Gasteiger partial charge in [0.05, 0.1) is 12.8 Å². The first-order chi connectivity index (χ1) is 8.69. The quantitative estimate of drug-likeness (QED) is 0.905. The predicted molar refractivity (Wildman–Crippen MR) is 79.2 cm³/mol. The fourth-order valence-electron chi connectivity index (χ4n) is 2.35. The van der Waals surface area contributed by atoms with Crippen molar-refractivity contribution in [3.05, 3.63) is 17.7 Å². The molecule has 0 fully saturated rings. The average molecular weight is 266 g/mol. The van der Waals surface area contributed by atoms with Crippen molar-refractivity contribution in [2.75, 3.05) is 37.9 Å². The van der Waals surface area contributed by atoms with E-state index in [1.165, 1.54) is 16.1 Å². The van der Waals surface area contributed by atoms with E-state index in [2.05, 4.69) is 36.2 Å². The first-order valence-corrected chi connectivity index (χ1v) is 7.39. The van der Waals surface area contributed by atoms with Crippen molar-refractivity contribution >= 4 is 17.4 Å². The molecule has 0 saturated carbocycles. The number of nitrogens with one attached hydrogen (secondary N) is 1. The van der Waals surface area contributed by atoms with Crippen LogP contribution in [0.2, 0.25) is 0 Å². The predicted octanol–water partition coefficient (Wildman–Crippen LogP) is 2.52. The molecule has 0 aliphatic carbocycles. The van der Waals surface area contributed by atoms with Crippen LogP contribution < -0.4 is 15.0 Å². The number of rotatable bonds is 4. The largest absolute Gasteiger partial charge is 0.495 e. The van der Waals surface area contributed by atoms with Crippen molar-refractivity contribution in [3.8, 4) is 5.75 Å². The number of nitrogens with zero attached hydrogens (tertiary/aromatic N) is 1. The fourth-order valence-corrected chi connectivity index (χ4v) is 3.59. The number of benzene rings is 1. The molecule has 2 rings (SSSR count). The molecular weight excluding hydrogens is 244 g/mol. The van der Waals surface area contributed by atoms with E-state index >= 15 is 0 Å². The maximum atomic E-state index is 5.55. The third kappa shape index (κ3) is 2.45. The molecule has 4 heteroatoms. The summed E-state index contributed by atoms with van der Waals surface area (Å²) >= 11 is 1.95. The molecule has 100 valence electrons. The van der Waals surface area contributed by atoms with Crippen molar-refractivity contribution in [1.82, 2.24) is 5.32 Å². The Kier molecular flexibility index (Phi) is 4.40. The van der Waals surface area contributed by atoms with E-state index in [0.717, 1.165) is 24.6 Å². The van der Waals surface area contributed by atoms with Crippen LogP contribution in [-0.4, -0.2) is 39.0 Å². The summed E-state index contributed by atoms with van der Waals surface area (Å²) in [6.45, 7) is 6.47. The molecule has 0 radical (unpaired) electrons. The molecule has 1 N–H and O–H groups in total. The third-order valence-electron chi connectivity index (χ3n) is 3.40. The van der Waals surface area contributed by atoms with Gasteiger partial charge in [0.25, 0.3) is 0 Å². The van der Waals surface area contributed by atoms with Gasteiger partial charge in [-0.2, -0.15) is 0 Å². The van der Waals surface area contributed by atoms with Crippen molar-refractivity contribution in [1.29, 1.82) is 0 Å². The zero-order chi connectivity index (χ0) is 13.1. The van der Waals surface area contributed by atoms with Crippen molar-refractivity contribution in [2.45, 2.75) is 24.8 Å². The minimum atomic E-state index is 0.548. The number of methoxy groups -OCH3 is 1. The molecule has 18 heavy (non-hydrogen) atoms. The number of likely N-dealkylation sites (N-methyl/N-ethyl adjacent to an activating group) is 1. The van der Waals surface area contributed by atoms with E-state index in [4.69, 9.17) is 4.74 Å². The number of ether oxygens (including phenoxy) is 1. The molecule has 1 aliphatic rings. The minimum Gasteiger partial charge on any atom is -0.495 e. The van der Waals surface area contributed by atoms with Crippen LogP contribution in [0.4, 0.5) is 5.69 Å². The molecule has 0 saturated heterocycles. The summed E-state index contributed by atoms with van der Waals surface area (Å²) < 4.78 is 5.55. The summed E-state index contributed by atoms with van der Waals surface area (Å²) in [7, 11) is 3.75. The zero-order valence-electron chi connectivity index (χ0n) is 11.6. The molecule has 1 heterocycles. The van der Waals surface area contributed by atoms with Gasteiger partial charge in [0.1, 0.15) is 5.75 Å². The highest BCUT2D eigenvalue weighted by Gasteiger charge is 2.27. The van der Waals surface area contributed by atoms with Crippen LogP contribution in [0.25, 0.3) is 0 Å². The lowest BCUT2D eigenvalue weighted by molar-refractivity contribution is 0.411. The van der Waals surface area contributed by atoms with E-state index in [1.807, 2.05) is 18.8 Å². The normalized spacial score (nSPS) is 18.7. The zero-order valence-corrected chi connectivity index (χ0v) is 12.4. The SMILES string of the molecule is CNCCN1c2c(OC)ccc(C)c2SCC1C. The summed E-state index contributed by atoms with van der Waals surface area (Å²) in [6.07, 6.45) is 0. The number of anilines is 1. The van der Waals surface area contributed by atoms with Gasteiger partial charge in [-0.05, 0) is 32.5 Å². The molecule has 1 aromatic rings. The minimum absolute atomic E-state index is 0.548. The number of hydrogen-bond acceptors (Lipinski definition) is 4. The van der Waals surface area contributed by atoms with Crippen molar-refractivity contribution in [2.24, 2.45) is 0 Å². The highest BCUT2D eigenvalue weighted by atomic mass is 32.2. The Balaban J connectivity index is 2.42. The Morgan fingerprint density at radius 3 is 2.94 bits per heavy atom. The van der Waals surface area contributed by atoms with E-state index in [9.17, 15) is 0 Å². The van der Waals surface area contributed by atoms with Gasteiger partial charge in [0.2, 0.25) is 0 Å². The molecule has 0 bridgehead atoms. The van der Waals surface area contributed by atoms with Gasteiger partial charge in [0.15, 0.2) is 0 Å². The Morgan fingerprint density at radius 2 is 2.28 bits per heavy atom. The van der Waals surface area contributed by atoms with Gasteiger partial charge in [-0.3, -0.25) is 0 Å². The highest BCUT2D eigenvalue weighted by molar-refractivity contribution is 7.99. The van der Waals surface area contributed by atoms with E-state index in [-0.39, 0.29) is 0 Å². The fraction of sp³-hybridized carbons (Fsp3) is 0.571. The highest BCUT2D eigenvalue weighted by Crippen LogP contribution is 2.45. The summed E-state index contributed by atoms with van der Waals surface area (Å²) in [6, 6.07) is 4.78. The van der Waals surface area contributed by atoms with Gasteiger partial charge in [-0.15, -0.1) is 11.8 Å². The molecule has 0 amide bonds. The van der Waals surface area contributed by atoms with Crippen LogP contribution in [-0.2, 0) is 0 Å². The standard InChI is InChI=1S/C14H22N2OS/c1-10-5-6-12(17-4)13-14(10)18-9-11(2)16(13)8-7-15-3/h5-6,11,15H,7-9H2,1-4H3. The summed E-state index contributed by atoms with van der Waals surface area (Å²) in [4.78, 5) is 3.84. The lowest BCUT2D eigenvalue weighted by Gasteiger charge is -2.38. The summed E-state index contributed by atoms with van der Waals surface area (Å²) in [5.41, 5.74) is 2.62. The molecule has 0 spiro atoms. The molecular formula is C14H22N2OS. The first-order valence-electron chi connectivity index (χ1n) is 6.40. The number of hydrogen-bond donors (Lipinski definition) is 1. The van der Waals surface area contributed by atoms with E-state index in [0.29, 0.717) is 6.04 Å². The van der Waals surface area contributed by atoms with Crippen LogP contribution in [0.1, 0.15) is 12.5 Å². The molecule has 1 unspecified atom stereocenters. The smallest absolute Gasteiger partial charge is 0.143 e. The maximum Gasteiger partial charge on any atom is 0.143 e. The molecule has 0 aromatic heterocycles. The van der Waals surface area contributed by atoms with Gasteiger partial charge in [-0.25, -0.2) is 0 Å². The lowest BCUT2D eigenvalue weighted by Crippen LogP contribution is -2.41. The Bertz CT molecular complexity index is 423. The van der Waals surface area contributed by atoms with E-state index in [1.54, 1.807) is 7.11 Å². The number of thioether (sulfide) groups is 1. The Morgan fingerprint density at radius 1 is 1.50 bits per heavy atom. The molecule has 3 nitrogen and oxygen atoms in total. The number of aryl methyl sites for hydroxylation is 1. The molecule has 1 aliphatic heterocycles. The first kappa shape index (κ1) is 13.6. The molecule has 1 atom stereocenters. The van der Waals surface area contributed by atoms with Crippen LogP contribution in [0.5, 0.6) is 5.75 Å². The van der Waals surface area contributed by atoms with Crippen LogP contribution >= 0.6 is 11.8 Å². The molecule has 1 aromatic carbocycles. The Hall–Kier alpha value is -0.870. The second-order valence-electron chi connectivity index (χ2n) is 4.72. The topological polar surface area (TPSA) is 24.5 Å².